The summed E-state index contributed by atoms with van der Waals surface area (Å²) in [5, 5.41) is 0.0486. The number of pyridine rings is 1. The van der Waals surface area contributed by atoms with Crippen molar-refractivity contribution in [2.45, 2.75) is 43.0 Å². The summed E-state index contributed by atoms with van der Waals surface area (Å²) in [6.07, 6.45) is 6.90. The Labute approximate surface area is 132 Å². The molecule has 0 bridgehead atoms. The quantitative estimate of drug-likeness (QED) is 0.740. The summed E-state index contributed by atoms with van der Waals surface area (Å²) in [5.41, 5.74) is 0. The van der Waals surface area contributed by atoms with Gasteiger partial charge in [-0.2, -0.15) is 4.31 Å². The summed E-state index contributed by atoms with van der Waals surface area (Å²) >= 11 is 9.26. The van der Waals surface area contributed by atoms with E-state index in [9.17, 15) is 8.42 Å². The second-order valence-corrected chi connectivity index (χ2v) is 8.59. The average molecular weight is 380 g/mol. The van der Waals surface area contributed by atoms with E-state index in [1.165, 1.54) is 12.6 Å². The van der Waals surface area contributed by atoms with Gasteiger partial charge in [0.05, 0.1) is 0 Å². The summed E-state index contributed by atoms with van der Waals surface area (Å²) in [4.78, 5) is 4.04. The molecule has 0 N–H and O–H groups in total. The molecule has 1 aromatic rings. The summed E-state index contributed by atoms with van der Waals surface area (Å²) in [7, 11) is -3.55. The van der Waals surface area contributed by atoms with Gasteiger partial charge in [0.2, 0.25) is 10.0 Å². The van der Waals surface area contributed by atoms with E-state index in [2.05, 4.69) is 20.9 Å². The summed E-state index contributed by atoms with van der Waals surface area (Å²) in [6, 6.07) is 1.68. The molecule has 20 heavy (non-hydrogen) atoms. The fraction of sp³-hybridized carbons (Fsp3) is 0.615. The van der Waals surface area contributed by atoms with E-state index in [4.69, 9.17) is 11.6 Å². The zero-order valence-electron chi connectivity index (χ0n) is 10.9. The molecule has 2 fully saturated rings. The van der Waals surface area contributed by atoms with Gasteiger partial charge in [0.1, 0.15) is 10.0 Å². The van der Waals surface area contributed by atoms with Gasteiger partial charge in [-0.25, -0.2) is 13.4 Å². The molecule has 2 heterocycles. The van der Waals surface area contributed by atoms with Gasteiger partial charge in [0, 0.05) is 23.3 Å². The number of rotatable bonds is 2. The van der Waals surface area contributed by atoms with Crippen LogP contribution >= 0.6 is 27.5 Å². The van der Waals surface area contributed by atoms with Crippen molar-refractivity contribution in [3.8, 4) is 0 Å². The largest absolute Gasteiger partial charge is 0.246 e. The topological polar surface area (TPSA) is 50.3 Å². The van der Waals surface area contributed by atoms with E-state index >= 15 is 0 Å². The van der Waals surface area contributed by atoms with Crippen molar-refractivity contribution in [1.29, 1.82) is 0 Å². The lowest BCUT2D eigenvalue weighted by Gasteiger charge is -2.31. The normalized spacial score (nSPS) is 27.5. The fourth-order valence-electron chi connectivity index (χ4n) is 3.37. The lowest BCUT2D eigenvalue weighted by Crippen LogP contribution is -2.39. The van der Waals surface area contributed by atoms with E-state index in [0.29, 0.717) is 16.9 Å². The van der Waals surface area contributed by atoms with Crippen molar-refractivity contribution in [3.63, 3.8) is 0 Å². The Bertz CT molecular complexity index is 623. The number of halogens is 2. The van der Waals surface area contributed by atoms with Gasteiger partial charge < -0.3 is 0 Å². The Hall–Kier alpha value is -0.170. The average Bonchev–Trinajstić information content (AvgIpc) is 2.86. The molecule has 4 nitrogen and oxygen atoms in total. The predicted octanol–water partition coefficient (Wildman–Crippen LogP) is 3.45. The summed E-state index contributed by atoms with van der Waals surface area (Å²) in [6.45, 7) is 0.598. The first kappa shape index (κ1) is 14.8. The van der Waals surface area contributed by atoms with Crippen molar-refractivity contribution >= 4 is 37.6 Å². The number of hydrogen-bond acceptors (Lipinski definition) is 3. The molecule has 2 atom stereocenters. The monoisotopic (exact) mass is 378 g/mol. The Morgan fingerprint density at radius 1 is 1.30 bits per heavy atom. The molecule has 1 aliphatic carbocycles. The Balaban J connectivity index is 1.97. The van der Waals surface area contributed by atoms with Crippen LogP contribution < -0.4 is 0 Å². The zero-order valence-corrected chi connectivity index (χ0v) is 14.1. The van der Waals surface area contributed by atoms with Crippen molar-refractivity contribution in [1.82, 2.24) is 9.29 Å². The van der Waals surface area contributed by atoms with Crippen LogP contribution in [0.4, 0.5) is 0 Å². The van der Waals surface area contributed by atoms with Crippen molar-refractivity contribution in [3.05, 3.63) is 21.9 Å². The third-order valence-corrected chi connectivity index (χ3v) is 7.10. The Morgan fingerprint density at radius 2 is 2.05 bits per heavy atom. The molecule has 0 radical (unpaired) electrons. The van der Waals surface area contributed by atoms with E-state index in [-0.39, 0.29) is 16.1 Å². The first-order valence-corrected chi connectivity index (χ1v) is 9.44. The third kappa shape index (κ3) is 2.51. The molecule has 1 aromatic heterocycles. The zero-order chi connectivity index (χ0) is 14.3. The van der Waals surface area contributed by atoms with Crippen LogP contribution in [0, 0.1) is 5.92 Å². The van der Waals surface area contributed by atoms with Crippen LogP contribution in [0.15, 0.2) is 21.6 Å². The van der Waals surface area contributed by atoms with Gasteiger partial charge in [0.25, 0.3) is 0 Å². The Kier molecular flexibility index (Phi) is 4.10. The highest BCUT2D eigenvalue weighted by Gasteiger charge is 2.43. The highest BCUT2D eigenvalue weighted by Crippen LogP contribution is 2.40. The van der Waals surface area contributed by atoms with Gasteiger partial charge in [-0.15, -0.1) is 0 Å². The molecular weight excluding hydrogens is 364 g/mol. The molecule has 2 unspecified atom stereocenters. The molecule has 1 saturated heterocycles. The fourth-order valence-corrected chi connectivity index (χ4v) is 6.03. The number of sulfonamides is 1. The van der Waals surface area contributed by atoms with Crippen LogP contribution in [0.1, 0.15) is 32.1 Å². The molecule has 0 amide bonds. The molecule has 1 aliphatic heterocycles. The minimum Gasteiger partial charge on any atom is -0.242 e. The van der Waals surface area contributed by atoms with E-state index in [0.717, 1.165) is 25.7 Å². The van der Waals surface area contributed by atoms with Gasteiger partial charge in [0.15, 0.2) is 0 Å². The van der Waals surface area contributed by atoms with Gasteiger partial charge in [-0.3, -0.25) is 0 Å². The minimum absolute atomic E-state index is 0.0486. The summed E-state index contributed by atoms with van der Waals surface area (Å²) in [5.74, 6) is 0.511. The molecule has 0 aromatic carbocycles. The van der Waals surface area contributed by atoms with Crippen LogP contribution in [0.2, 0.25) is 5.15 Å². The maximum atomic E-state index is 12.8. The van der Waals surface area contributed by atoms with Crippen LogP contribution in [-0.4, -0.2) is 30.3 Å². The second-order valence-electron chi connectivity index (χ2n) is 5.46. The van der Waals surface area contributed by atoms with E-state index < -0.39 is 10.0 Å². The Morgan fingerprint density at radius 3 is 2.85 bits per heavy atom. The minimum atomic E-state index is -3.55. The van der Waals surface area contributed by atoms with Crippen LogP contribution in [0.25, 0.3) is 0 Å². The molecule has 1 saturated carbocycles. The molecule has 3 rings (SSSR count). The highest BCUT2D eigenvalue weighted by atomic mass is 79.9. The predicted molar refractivity (Wildman–Crippen MR) is 81.2 cm³/mol. The smallest absolute Gasteiger partial charge is 0.242 e. The molecule has 7 heteroatoms. The maximum absolute atomic E-state index is 12.8. The first-order chi connectivity index (χ1) is 9.50. The van der Waals surface area contributed by atoms with Gasteiger partial charge >= 0.3 is 0 Å². The van der Waals surface area contributed by atoms with Gasteiger partial charge in [-0.05, 0) is 47.2 Å². The maximum Gasteiger partial charge on any atom is 0.246 e. The lowest BCUT2D eigenvalue weighted by molar-refractivity contribution is 0.260. The van der Waals surface area contributed by atoms with E-state index in [1.807, 2.05) is 0 Å². The second kappa shape index (κ2) is 5.55. The van der Waals surface area contributed by atoms with Gasteiger partial charge in [-0.1, -0.05) is 24.4 Å². The first-order valence-electron chi connectivity index (χ1n) is 6.83. The van der Waals surface area contributed by atoms with Crippen molar-refractivity contribution in [2.75, 3.05) is 6.54 Å². The summed E-state index contributed by atoms with van der Waals surface area (Å²) < 4.78 is 28.0. The van der Waals surface area contributed by atoms with Crippen molar-refractivity contribution in [2.24, 2.45) is 5.92 Å². The number of aromatic nitrogens is 1. The number of fused-ring (bicyclic) bond motifs is 1. The molecule has 110 valence electrons. The van der Waals surface area contributed by atoms with Crippen LogP contribution in [-0.2, 0) is 10.0 Å². The number of nitrogens with zero attached hydrogens (tertiary/aromatic N) is 2. The third-order valence-electron chi connectivity index (χ3n) is 4.32. The SMILES string of the molecule is O=S(=O)(c1cc(Br)cnc1Cl)N1CCC2CCCCC21. The van der Waals surface area contributed by atoms with Crippen LogP contribution in [0.3, 0.4) is 0 Å². The highest BCUT2D eigenvalue weighted by molar-refractivity contribution is 9.10. The lowest BCUT2D eigenvalue weighted by atomic mass is 9.86. The molecule has 2 aliphatic rings. The van der Waals surface area contributed by atoms with Crippen molar-refractivity contribution < 1.29 is 8.42 Å². The molecular formula is C13H16BrClN2O2S. The number of hydrogen-bond donors (Lipinski definition) is 0. The molecule has 0 spiro atoms. The standard InChI is InChI=1S/C13H16BrClN2O2S/c14-10-7-12(13(15)16-8-10)20(18,19)17-6-5-9-3-1-2-4-11(9)17/h7-9,11H,1-6H2. The van der Waals surface area contributed by atoms with Crippen LogP contribution in [0.5, 0.6) is 0 Å². The van der Waals surface area contributed by atoms with E-state index in [1.54, 1.807) is 10.4 Å².